The van der Waals surface area contributed by atoms with Crippen molar-refractivity contribution in [3.05, 3.63) is 53.2 Å². The third kappa shape index (κ3) is 4.41. The second-order valence-electron chi connectivity index (χ2n) is 9.68. The number of aryl methyl sites for hydroxylation is 1. The number of hydrogen-bond acceptors (Lipinski definition) is 4. The number of rotatable bonds is 4. The van der Waals surface area contributed by atoms with E-state index < -0.39 is 5.91 Å². The SMILES string of the molecule is CC(=O)Nc1ccc(-c2ccc(C(N)=O)c3[nH]c4c(c23)CCC(C(=O)N2CCN(C)CC2)C4)cc1. The first-order valence-electron chi connectivity index (χ1n) is 12.1. The van der Waals surface area contributed by atoms with Crippen molar-refractivity contribution in [3.8, 4) is 11.1 Å². The number of benzene rings is 2. The number of piperazine rings is 1. The maximum Gasteiger partial charge on any atom is 0.250 e. The Morgan fingerprint density at radius 1 is 1.03 bits per heavy atom. The quantitative estimate of drug-likeness (QED) is 0.541. The highest BCUT2D eigenvalue weighted by atomic mass is 16.2. The van der Waals surface area contributed by atoms with Crippen LogP contribution >= 0.6 is 0 Å². The molecule has 1 atom stereocenters. The monoisotopic (exact) mass is 473 g/mol. The van der Waals surface area contributed by atoms with Gasteiger partial charge in [-0.25, -0.2) is 0 Å². The van der Waals surface area contributed by atoms with Crippen LogP contribution in [0.3, 0.4) is 0 Å². The molecule has 0 bridgehead atoms. The van der Waals surface area contributed by atoms with Crippen LogP contribution in [0.2, 0.25) is 0 Å². The van der Waals surface area contributed by atoms with Gasteiger partial charge in [-0.3, -0.25) is 14.4 Å². The second-order valence-corrected chi connectivity index (χ2v) is 9.68. The third-order valence-corrected chi connectivity index (χ3v) is 7.29. The summed E-state index contributed by atoms with van der Waals surface area (Å²) >= 11 is 0. The molecule has 4 N–H and O–H groups in total. The zero-order chi connectivity index (χ0) is 24.7. The number of amides is 3. The minimum atomic E-state index is -0.480. The Bertz CT molecular complexity index is 1300. The number of fused-ring (bicyclic) bond motifs is 3. The van der Waals surface area contributed by atoms with Gasteiger partial charge in [0.1, 0.15) is 0 Å². The number of carbonyl (C=O) groups excluding carboxylic acids is 3. The fourth-order valence-corrected chi connectivity index (χ4v) is 5.42. The molecule has 1 fully saturated rings. The topological polar surface area (TPSA) is 112 Å². The van der Waals surface area contributed by atoms with Crippen LogP contribution in [0.15, 0.2) is 36.4 Å². The van der Waals surface area contributed by atoms with Crippen LogP contribution in [0.5, 0.6) is 0 Å². The molecular formula is C27H31N5O3. The molecule has 3 amide bonds. The number of likely N-dealkylation sites (N-methyl/N-ethyl adjacent to an activating group) is 1. The molecule has 2 aromatic carbocycles. The van der Waals surface area contributed by atoms with Gasteiger partial charge < -0.3 is 25.8 Å². The number of anilines is 1. The molecule has 1 aliphatic heterocycles. The van der Waals surface area contributed by atoms with Gasteiger partial charge in [-0.1, -0.05) is 18.2 Å². The van der Waals surface area contributed by atoms with Crippen LogP contribution in [0, 0.1) is 5.92 Å². The first-order chi connectivity index (χ1) is 16.8. The molecule has 1 aromatic heterocycles. The van der Waals surface area contributed by atoms with Gasteiger partial charge in [0.2, 0.25) is 11.8 Å². The van der Waals surface area contributed by atoms with Crippen molar-refractivity contribution < 1.29 is 14.4 Å². The van der Waals surface area contributed by atoms with E-state index in [1.54, 1.807) is 6.07 Å². The van der Waals surface area contributed by atoms with E-state index in [2.05, 4.69) is 22.2 Å². The molecule has 2 heterocycles. The van der Waals surface area contributed by atoms with Gasteiger partial charge in [0.15, 0.2) is 0 Å². The van der Waals surface area contributed by atoms with E-state index in [1.165, 1.54) is 6.92 Å². The van der Waals surface area contributed by atoms with Gasteiger partial charge in [0, 0.05) is 55.8 Å². The van der Waals surface area contributed by atoms with E-state index in [4.69, 9.17) is 5.73 Å². The van der Waals surface area contributed by atoms with E-state index in [9.17, 15) is 14.4 Å². The number of primary amides is 1. The van der Waals surface area contributed by atoms with Gasteiger partial charge in [0.05, 0.1) is 11.1 Å². The van der Waals surface area contributed by atoms with Crippen LogP contribution in [0.25, 0.3) is 22.0 Å². The van der Waals surface area contributed by atoms with Crippen molar-refractivity contribution in [2.45, 2.75) is 26.2 Å². The van der Waals surface area contributed by atoms with Crippen LogP contribution in [-0.4, -0.2) is 65.7 Å². The normalized spacial score (nSPS) is 18.3. The molecule has 2 aliphatic rings. The fourth-order valence-electron chi connectivity index (χ4n) is 5.42. The minimum absolute atomic E-state index is 0.0589. The van der Waals surface area contributed by atoms with Gasteiger partial charge in [-0.05, 0) is 61.2 Å². The molecule has 3 aromatic rings. The van der Waals surface area contributed by atoms with E-state index in [1.807, 2.05) is 35.2 Å². The molecule has 0 spiro atoms. The first kappa shape index (κ1) is 23.1. The highest BCUT2D eigenvalue weighted by molar-refractivity contribution is 6.11. The number of nitrogens with two attached hydrogens (primary N) is 1. The standard InChI is InChI=1S/C27H31N5O3/c1-16(33)29-19-6-3-17(4-7-19)20-9-10-22(26(28)34)25-24(20)21-8-5-18(15-23(21)30-25)27(35)32-13-11-31(2)12-14-32/h3-4,6-7,9-10,18,30H,5,8,11-15H2,1-2H3,(H2,28,34)(H,29,33). The number of nitrogens with zero attached hydrogens (tertiary/aromatic N) is 2. The lowest BCUT2D eigenvalue weighted by atomic mass is 9.84. The Hall–Kier alpha value is -3.65. The molecule has 35 heavy (non-hydrogen) atoms. The van der Waals surface area contributed by atoms with Crippen molar-refractivity contribution in [1.82, 2.24) is 14.8 Å². The molecular weight excluding hydrogens is 442 g/mol. The average molecular weight is 474 g/mol. The van der Waals surface area contributed by atoms with Crippen LogP contribution in [0.1, 0.15) is 35.0 Å². The average Bonchev–Trinajstić information content (AvgIpc) is 3.22. The smallest absolute Gasteiger partial charge is 0.250 e. The highest BCUT2D eigenvalue weighted by Crippen LogP contribution is 2.39. The van der Waals surface area contributed by atoms with E-state index in [0.717, 1.165) is 78.0 Å². The zero-order valence-electron chi connectivity index (χ0n) is 20.2. The summed E-state index contributed by atoms with van der Waals surface area (Å²) in [6.45, 7) is 4.84. The van der Waals surface area contributed by atoms with E-state index in [0.29, 0.717) is 12.0 Å². The summed E-state index contributed by atoms with van der Waals surface area (Å²) in [4.78, 5) is 44.6. The Balaban J connectivity index is 1.51. The predicted molar refractivity (Wildman–Crippen MR) is 136 cm³/mol. The largest absolute Gasteiger partial charge is 0.366 e. The Morgan fingerprint density at radius 2 is 1.74 bits per heavy atom. The van der Waals surface area contributed by atoms with Crippen molar-refractivity contribution in [2.24, 2.45) is 11.7 Å². The summed E-state index contributed by atoms with van der Waals surface area (Å²) in [7, 11) is 2.08. The number of aromatic amines is 1. The molecule has 0 saturated carbocycles. The second kappa shape index (κ2) is 9.19. The lowest BCUT2D eigenvalue weighted by Crippen LogP contribution is -2.49. The van der Waals surface area contributed by atoms with Crippen molar-refractivity contribution in [2.75, 3.05) is 38.5 Å². The Kier molecular flexibility index (Phi) is 6.06. The maximum atomic E-state index is 13.2. The molecule has 182 valence electrons. The summed E-state index contributed by atoms with van der Waals surface area (Å²) in [6, 6.07) is 11.4. The van der Waals surface area contributed by atoms with Crippen molar-refractivity contribution in [1.29, 1.82) is 0 Å². The summed E-state index contributed by atoms with van der Waals surface area (Å²) in [5, 5.41) is 3.78. The molecule has 1 aliphatic carbocycles. The lowest BCUT2D eigenvalue weighted by Gasteiger charge is -2.35. The first-order valence-corrected chi connectivity index (χ1v) is 12.1. The van der Waals surface area contributed by atoms with Gasteiger partial charge in [-0.2, -0.15) is 0 Å². The van der Waals surface area contributed by atoms with Gasteiger partial charge in [0.25, 0.3) is 5.91 Å². The van der Waals surface area contributed by atoms with Crippen molar-refractivity contribution >= 4 is 34.3 Å². The van der Waals surface area contributed by atoms with Crippen LogP contribution < -0.4 is 11.1 Å². The molecule has 5 rings (SSSR count). The molecule has 8 nitrogen and oxygen atoms in total. The number of aromatic nitrogens is 1. The molecule has 1 unspecified atom stereocenters. The maximum absolute atomic E-state index is 13.2. The van der Waals surface area contributed by atoms with Crippen molar-refractivity contribution in [3.63, 3.8) is 0 Å². The Labute approximate surface area is 204 Å². The summed E-state index contributed by atoms with van der Waals surface area (Å²) < 4.78 is 0. The van der Waals surface area contributed by atoms with Crippen LogP contribution in [0.4, 0.5) is 5.69 Å². The van der Waals surface area contributed by atoms with E-state index >= 15 is 0 Å². The lowest BCUT2D eigenvalue weighted by molar-refractivity contribution is -0.137. The number of H-pyrrole nitrogens is 1. The van der Waals surface area contributed by atoms with E-state index in [-0.39, 0.29) is 17.7 Å². The molecule has 0 radical (unpaired) electrons. The predicted octanol–water partition coefficient (Wildman–Crippen LogP) is 2.77. The molecule has 1 saturated heterocycles. The zero-order valence-corrected chi connectivity index (χ0v) is 20.2. The number of nitrogens with one attached hydrogen (secondary N) is 2. The fraction of sp³-hybridized carbons (Fsp3) is 0.370. The summed E-state index contributed by atoms with van der Waals surface area (Å²) in [5.74, 6) is -0.430. The summed E-state index contributed by atoms with van der Waals surface area (Å²) in [6.07, 6.45) is 2.18. The van der Waals surface area contributed by atoms with Gasteiger partial charge >= 0.3 is 0 Å². The number of hydrogen-bond donors (Lipinski definition) is 3. The Morgan fingerprint density at radius 3 is 2.40 bits per heavy atom. The minimum Gasteiger partial charge on any atom is -0.366 e. The van der Waals surface area contributed by atoms with Gasteiger partial charge in [-0.15, -0.1) is 0 Å². The van der Waals surface area contributed by atoms with Crippen LogP contribution in [-0.2, 0) is 22.4 Å². The summed E-state index contributed by atoms with van der Waals surface area (Å²) in [5.41, 5.74) is 11.8. The third-order valence-electron chi connectivity index (χ3n) is 7.29. The molecule has 8 heteroatoms. The number of carbonyl (C=O) groups is 3. The highest BCUT2D eigenvalue weighted by Gasteiger charge is 2.32.